The van der Waals surface area contributed by atoms with Gasteiger partial charge in [0, 0.05) is 25.2 Å². The van der Waals surface area contributed by atoms with E-state index in [2.05, 4.69) is 10.2 Å². The zero-order valence-electron chi connectivity index (χ0n) is 15.5. The predicted molar refractivity (Wildman–Crippen MR) is 94.6 cm³/mol. The Morgan fingerprint density at radius 3 is 2.65 bits per heavy atom. The molecule has 3 rings (SSSR count). The maximum atomic E-state index is 13.0. The molecule has 0 bridgehead atoms. The zero-order chi connectivity index (χ0) is 18.8. The number of rotatable bonds is 5. The molecule has 0 radical (unpaired) electrons. The smallest absolute Gasteiger partial charge is 0.303 e. The first kappa shape index (κ1) is 18.2. The molecule has 140 valence electrons. The molecule has 0 fully saturated rings. The van der Waals surface area contributed by atoms with E-state index in [-0.39, 0.29) is 18.4 Å². The fraction of sp³-hybridized carbons (Fsp3) is 0.556. The molecule has 8 heteroatoms. The highest BCUT2D eigenvalue weighted by atomic mass is 16.4. The van der Waals surface area contributed by atoms with Gasteiger partial charge < -0.3 is 10.0 Å². The Labute approximate surface area is 152 Å². The second-order valence-electron chi connectivity index (χ2n) is 6.90. The Balaban J connectivity index is 1.74. The molecular formula is C18H25N5O3. The number of hydrogen-bond donors (Lipinski definition) is 1. The lowest BCUT2D eigenvalue weighted by Gasteiger charge is -2.24. The van der Waals surface area contributed by atoms with E-state index < -0.39 is 5.97 Å². The van der Waals surface area contributed by atoms with Crippen LogP contribution in [0.3, 0.4) is 0 Å². The van der Waals surface area contributed by atoms with Crippen molar-refractivity contribution >= 4 is 11.9 Å². The van der Waals surface area contributed by atoms with Crippen LogP contribution in [0.5, 0.6) is 0 Å². The summed E-state index contributed by atoms with van der Waals surface area (Å²) in [5, 5.41) is 17.8. The molecule has 8 nitrogen and oxygen atoms in total. The normalized spacial score (nSPS) is 15.4. The third-order valence-corrected chi connectivity index (χ3v) is 4.74. The lowest BCUT2D eigenvalue weighted by Crippen LogP contribution is -2.36. The van der Waals surface area contributed by atoms with Crippen molar-refractivity contribution in [2.45, 2.75) is 59.2 Å². The van der Waals surface area contributed by atoms with Gasteiger partial charge in [0.25, 0.3) is 0 Å². The van der Waals surface area contributed by atoms with Crippen LogP contribution < -0.4 is 0 Å². The monoisotopic (exact) mass is 359 g/mol. The Kier molecular flexibility index (Phi) is 5.11. The molecule has 1 atom stereocenters. The number of nitrogens with zero attached hydrogens (tertiary/aromatic N) is 5. The number of carboxylic acids is 1. The van der Waals surface area contributed by atoms with E-state index in [1.165, 1.54) is 0 Å². The van der Waals surface area contributed by atoms with Crippen molar-refractivity contribution in [2.75, 3.05) is 6.54 Å². The standard InChI is InChI=1S/C18H25N5O3/c1-12-9-13(2)23(19-12)14(3)18(26)21-7-4-8-22-16(11-21)10-15(20-22)5-6-17(24)25/h9-10,14H,4-8,11H2,1-3H3,(H,24,25)/t14-/m0/s1. The third kappa shape index (κ3) is 3.79. The van der Waals surface area contributed by atoms with E-state index in [1.807, 2.05) is 42.5 Å². The minimum absolute atomic E-state index is 0.0398. The van der Waals surface area contributed by atoms with Crippen molar-refractivity contribution in [3.63, 3.8) is 0 Å². The number of fused-ring (bicyclic) bond motifs is 1. The van der Waals surface area contributed by atoms with Gasteiger partial charge in [-0.25, -0.2) is 0 Å². The Bertz CT molecular complexity index is 823. The molecular weight excluding hydrogens is 334 g/mol. The van der Waals surface area contributed by atoms with Crippen molar-refractivity contribution in [1.82, 2.24) is 24.5 Å². The first-order valence-corrected chi connectivity index (χ1v) is 8.94. The first-order chi connectivity index (χ1) is 12.3. The number of carbonyl (C=O) groups is 2. The van der Waals surface area contributed by atoms with Crippen LogP contribution in [-0.2, 0) is 29.1 Å². The third-order valence-electron chi connectivity index (χ3n) is 4.74. The van der Waals surface area contributed by atoms with Crippen LogP contribution in [0, 0.1) is 13.8 Å². The molecule has 1 aliphatic rings. The van der Waals surface area contributed by atoms with Gasteiger partial charge in [0.2, 0.25) is 5.91 Å². The summed E-state index contributed by atoms with van der Waals surface area (Å²) >= 11 is 0. The number of aliphatic carboxylic acids is 1. The molecule has 26 heavy (non-hydrogen) atoms. The summed E-state index contributed by atoms with van der Waals surface area (Å²) in [5.41, 5.74) is 3.60. The number of carboxylic acid groups (broad SMARTS) is 1. The van der Waals surface area contributed by atoms with Crippen molar-refractivity contribution in [1.29, 1.82) is 0 Å². The van der Waals surface area contributed by atoms with Crippen molar-refractivity contribution in [2.24, 2.45) is 0 Å². The van der Waals surface area contributed by atoms with Gasteiger partial charge >= 0.3 is 5.97 Å². The van der Waals surface area contributed by atoms with Crippen LogP contribution >= 0.6 is 0 Å². The van der Waals surface area contributed by atoms with E-state index in [1.54, 1.807) is 4.68 Å². The van der Waals surface area contributed by atoms with Gasteiger partial charge in [0.1, 0.15) is 6.04 Å². The first-order valence-electron chi connectivity index (χ1n) is 8.94. The van der Waals surface area contributed by atoms with Gasteiger partial charge in [-0.2, -0.15) is 10.2 Å². The highest BCUT2D eigenvalue weighted by Crippen LogP contribution is 2.19. The van der Waals surface area contributed by atoms with Crippen LogP contribution in [0.1, 0.15) is 48.6 Å². The van der Waals surface area contributed by atoms with Gasteiger partial charge in [-0.15, -0.1) is 0 Å². The van der Waals surface area contributed by atoms with Gasteiger partial charge in [0.05, 0.1) is 30.0 Å². The molecule has 0 aliphatic carbocycles. The molecule has 0 aromatic carbocycles. The zero-order valence-corrected chi connectivity index (χ0v) is 15.5. The van der Waals surface area contributed by atoms with Crippen molar-refractivity contribution in [3.8, 4) is 0 Å². The highest BCUT2D eigenvalue weighted by Gasteiger charge is 2.26. The molecule has 1 amide bonds. The summed E-state index contributed by atoms with van der Waals surface area (Å²) in [7, 11) is 0. The summed E-state index contributed by atoms with van der Waals surface area (Å²) < 4.78 is 3.68. The fourth-order valence-corrected chi connectivity index (χ4v) is 3.47. The fourth-order valence-electron chi connectivity index (χ4n) is 3.47. The lowest BCUT2D eigenvalue weighted by molar-refractivity contribution is -0.137. The van der Waals surface area contributed by atoms with E-state index in [9.17, 15) is 9.59 Å². The van der Waals surface area contributed by atoms with Crippen LogP contribution in [-0.4, -0.2) is 48.0 Å². The number of hydrogen-bond acceptors (Lipinski definition) is 4. The highest BCUT2D eigenvalue weighted by molar-refractivity contribution is 5.80. The maximum absolute atomic E-state index is 13.0. The quantitative estimate of drug-likeness (QED) is 0.877. The molecule has 2 aromatic heterocycles. The summed E-state index contributed by atoms with van der Waals surface area (Å²) in [5.74, 6) is -0.790. The second kappa shape index (κ2) is 7.31. The van der Waals surface area contributed by atoms with Gasteiger partial charge in [-0.3, -0.25) is 19.0 Å². The average Bonchev–Trinajstić information content (AvgIpc) is 3.06. The van der Waals surface area contributed by atoms with E-state index in [4.69, 9.17) is 5.11 Å². The Hall–Kier alpha value is -2.64. The number of aromatic nitrogens is 4. The van der Waals surface area contributed by atoms with Crippen LogP contribution in [0.15, 0.2) is 12.1 Å². The number of aryl methyl sites for hydroxylation is 4. The molecule has 1 aliphatic heterocycles. The molecule has 2 aromatic rings. The minimum atomic E-state index is -0.830. The molecule has 0 saturated heterocycles. The van der Waals surface area contributed by atoms with E-state index in [0.717, 1.165) is 35.7 Å². The van der Waals surface area contributed by atoms with Gasteiger partial charge in [-0.05, 0) is 39.3 Å². The van der Waals surface area contributed by atoms with Crippen molar-refractivity contribution < 1.29 is 14.7 Å². The second-order valence-corrected chi connectivity index (χ2v) is 6.90. The predicted octanol–water partition coefficient (Wildman–Crippen LogP) is 1.71. The summed E-state index contributed by atoms with van der Waals surface area (Å²) in [6.45, 7) is 7.65. The van der Waals surface area contributed by atoms with Crippen LogP contribution in [0.25, 0.3) is 0 Å². The SMILES string of the molecule is Cc1cc(C)n([C@@H](C)C(=O)N2CCCn3nc(CCC(=O)O)cc3C2)n1. The summed E-state index contributed by atoms with van der Waals surface area (Å²) in [6, 6.07) is 3.53. The largest absolute Gasteiger partial charge is 0.481 e. The Morgan fingerprint density at radius 1 is 1.23 bits per heavy atom. The average molecular weight is 359 g/mol. The molecule has 1 N–H and O–H groups in total. The maximum Gasteiger partial charge on any atom is 0.303 e. The summed E-state index contributed by atoms with van der Waals surface area (Å²) in [4.78, 5) is 25.6. The van der Waals surface area contributed by atoms with Gasteiger partial charge in [0.15, 0.2) is 0 Å². The number of carbonyl (C=O) groups excluding carboxylic acids is 1. The minimum Gasteiger partial charge on any atom is -0.481 e. The van der Waals surface area contributed by atoms with E-state index >= 15 is 0 Å². The summed E-state index contributed by atoms with van der Waals surface area (Å²) in [6.07, 6.45) is 1.29. The van der Waals surface area contributed by atoms with Gasteiger partial charge in [-0.1, -0.05) is 0 Å². The number of amides is 1. The molecule has 0 unspecified atom stereocenters. The van der Waals surface area contributed by atoms with Crippen LogP contribution in [0.2, 0.25) is 0 Å². The van der Waals surface area contributed by atoms with E-state index in [0.29, 0.717) is 19.5 Å². The molecule has 0 spiro atoms. The molecule has 3 heterocycles. The lowest BCUT2D eigenvalue weighted by atomic mass is 10.2. The Morgan fingerprint density at radius 2 is 2.00 bits per heavy atom. The van der Waals surface area contributed by atoms with Crippen molar-refractivity contribution in [3.05, 3.63) is 34.9 Å². The topological polar surface area (TPSA) is 93.2 Å². The van der Waals surface area contributed by atoms with Crippen LogP contribution in [0.4, 0.5) is 0 Å². The molecule has 0 saturated carbocycles.